The number of anilines is 1. The van der Waals surface area contributed by atoms with Crippen LogP contribution in [0.4, 0.5) is 5.82 Å². The minimum Gasteiger partial charge on any atom is -0.356 e. The quantitative estimate of drug-likeness (QED) is 0.771. The lowest BCUT2D eigenvalue weighted by Gasteiger charge is -2.09. The van der Waals surface area contributed by atoms with E-state index < -0.39 is 0 Å². The first-order valence-corrected chi connectivity index (χ1v) is 8.49. The van der Waals surface area contributed by atoms with Crippen molar-refractivity contribution in [1.29, 1.82) is 0 Å². The van der Waals surface area contributed by atoms with Crippen LogP contribution in [0.1, 0.15) is 24.1 Å². The van der Waals surface area contributed by atoms with Crippen molar-refractivity contribution in [1.82, 2.24) is 15.1 Å². The van der Waals surface area contributed by atoms with Crippen LogP contribution in [0.2, 0.25) is 0 Å². The van der Waals surface area contributed by atoms with Crippen LogP contribution in [0.3, 0.4) is 0 Å². The average Bonchev–Trinajstić information content (AvgIpc) is 3.02. The van der Waals surface area contributed by atoms with Gasteiger partial charge in [0.2, 0.25) is 0 Å². The molecule has 26 heavy (non-hydrogen) atoms. The highest BCUT2D eigenvalue weighted by Gasteiger charge is 2.13. The highest BCUT2D eigenvalue weighted by molar-refractivity contribution is 6.05. The number of hydrogen-bond donors (Lipinski definition) is 1. The molecule has 0 bridgehead atoms. The molecule has 1 aliphatic carbocycles. The normalized spacial score (nSPS) is 13.7. The van der Waals surface area contributed by atoms with Crippen molar-refractivity contribution < 1.29 is 9.32 Å². The fraction of sp³-hybridized carbons (Fsp3) is 0.200. The van der Waals surface area contributed by atoms with Crippen LogP contribution in [-0.2, 0) is 4.79 Å². The van der Waals surface area contributed by atoms with Crippen LogP contribution in [0.15, 0.2) is 52.9 Å². The van der Waals surface area contributed by atoms with E-state index in [1.54, 1.807) is 12.4 Å². The second-order valence-electron chi connectivity index (χ2n) is 6.31. The summed E-state index contributed by atoms with van der Waals surface area (Å²) >= 11 is 0. The fourth-order valence-electron chi connectivity index (χ4n) is 2.99. The SMILES string of the molecule is Cc1cc2c(C)noc2cc1-c1cnc(NC(=O)C2=CCCC=C2)cn1. The summed E-state index contributed by atoms with van der Waals surface area (Å²) in [5, 5.41) is 7.77. The minimum atomic E-state index is -0.169. The number of aryl methyl sites for hydroxylation is 2. The van der Waals surface area contributed by atoms with Gasteiger partial charge in [0, 0.05) is 16.5 Å². The van der Waals surface area contributed by atoms with Crippen LogP contribution in [-0.4, -0.2) is 21.0 Å². The van der Waals surface area contributed by atoms with Crippen molar-refractivity contribution in [3.63, 3.8) is 0 Å². The first-order chi connectivity index (χ1) is 12.6. The van der Waals surface area contributed by atoms with E-state index in [9.17, 15) is 4.79 Å². The molecule has 6 heteroatoms. The average molecular weight is 346 g/mol. The summed E-state index contributed by atoms with van der Waals surface area (Å²) in [6.45, 7) is 3.93. The van der Waals surface area contributed by atoms with Gasteiger partial charge in [0.25, 0.3) is 5.91 Å². The second-order valence-corrected chi connectivity index (χ2v) is 6.31. The van der Waals surface area contributed by atoms with Crippen LogP contribution < -0.4 is 5.32 Å². The summed E-state index contributed by atoms with van der Waals surface area (Å²) in [5.74, 6) is 0.255. The molecule has 130 valence electrons. The molecular formula is C20H18N4O2. The zero-order valence-electron chi connectivity index (χ0n) is 14.6. The topological polar surface area (TPSA) is 80.9 Å². The van der Waals surface area contributed by atoms with Gasteiger partial charge in [-0.1, -0.05) is 23.4 Å². The Hall–Kier alpha value is -3.28. The molecule has 1 aromatic carbocycles. The lowest BCUT2D eigenvalue weighted by molar-refractivity contribution is -0.112. The minimum absolute atomic E-state index is 0.169. The van der Waals surface area contributed by atoms with Crippen molar-refractivity contribution in [3.05, 3.63) is 59.6 Å². The van der Waals surface area contributed by atoms with E-state index in [0.29, 0.717) is 17.1 Å². The van der Waals surface area contributed by atoms with Crippen LogP contribution in [0.25, 0.3) is 22.2 Å². The third-order valence-electron chi connectivity index (χ3n) is 4.42. The molecule has 4 rings (SSSR count). The number of benzene rings is 1. The van der Waals surface area contributed by atoms with Gasteiger partial charge in [-0.15, -0.1) is 0 Å². The predicted molar refractivity (Wildman–Crippen MR) is 99.6 cm³/mol. The van der Waals surface area contributed by atoms with Crippen molar-refractivity contribution >= 4 is 22.7 Å². The molecule has 3 aromatic rings. The predicted octanol–water partition coefficient (Wildman–Crippen LogP) is 4.12. The maximum absolute atomic E-state index is 12.2. The van der Waals surface area contributed by atoms with Gasteiger partial charge >= 0.3 is 0 Å². The second kappa shape index (κ2) is 6.55. The van der Waals surface area contributed by atoms with Crippen LogP contribution in [0.5, 0.6) is 0 Å². The van der Waals surface area contributed by atoms with E-state index in [0.717, 1.165) is 40.6 Å². The number of fused-ring (bicyclic) bond motifs is 1. The standard InChI is InChI=1S/C20H18N4O2/c1-12-8-16-13(2)24-26-18(16)9-15(12)17-10-22-19(11-21-17)23-20(25)14-6-4-3-5-7-14/h4,6-11H,3,5H2,1-2H3,(H,22,23,25). The molecule has 0 spiro atoms. The summed E-state index contributed by atoms with van der Waals surface area (Å²) in [7, 11) is 0. The molecule has 1 N–H and O–H groups in total. The van der Waals surface area contributed by atoms with E-state index in [2.05, 4.69) is 20.4 Å². The molecular weight excluding hydrogens is 328 g/mol. The Bertz CT molecular complexity index is 1050. The zero-order chi connectivity index (χ0) is 18.1. The first kappa shape index (κ1) is 16.2. The number of nitrogens with one attached hydrogen (secondary N) is 1. The number of aromatic nitrogens is 3. The molecule has 0 atom stereocenters. The Kier molecular flexibility index (Phi) is 4.08. The lowest BCUT2D eigenvalue weighted by Crippen LogP contribution is -2.15. The van der Waals surface area contributed by atoms with Crippen molar-refractivity contribution in [2.24, 2.45) is 0 Å². The number of amides is 1. The number of nitrogens with zero attached hydrogens (tertiary/aromatic N) is 3. The molecule has 1 amide bonds. The Morgan fingerprint density at radius 2 is 2.04 bits per heavy atom. The van der Waals surface area contributed by atoms with E-state index in [1.807, 2.05) is 44.2 Å². The summed E-state index contributed by atoms with van der Waals surface area (Å²) in [6.07, 6.45) is 10.8. The van der Waals surface area contributed by atoms with Gasteiger partial charge in [0.05, 0.1) is 23.8 Å². The fourth-order valence-corrected chi connectivity index (χ4v) is 2.99. The highest BCUT2D eigenvalue weighted by Crippen LogP contribution is 2.28. The van der Waals surface area contributed by atoms with Gasteiger partial charge in [-0.05, 0) is 44.4 Å². The zero-order valence-corrected chi connectivity index (χ0v) is 14.6. The van der Waals surface area contributed by atoms with E-state index >= 15 is 0 Å². The van der Waals surface area contributed by atoms with Crippen molar-refractivity contribution in [3.8, 4) is 11.3 Å². The summed E-state index contributed by atoms with van der Waals surface area (Å²) in [5.41, 5.74) is 4.95. The Balaban J connectivity index is 1.58. The van der Waals surface area contributed by atoms with Gasteiger partial charge in [-0.2, -0.15) is 0 Å². The third kappa shape index (κ3) is 3.01. The Morgan fingerprint density at radius 1 is 1.15 bits per heavy atom. The molecule has 0 aliphatic heterocycles. The summed E-state index contributed by atoms with van der Waals surface area (Å²) < 4.78 is 5.34. The number of allylic oxidation sites excluding steroid dienone is 2. The van der Waals surface area contributed by atoms with E-state index in [4.69, 9.17) is 4.52 Å². The van der Waals surface area contributed by atoms with Crippen molar-refractivity contribution in [2.75, 3.05) is 5.32 Å². The maximum Gasteiger partial charge on any atom is 0.256 e. The van der Waals surface area contributed by atoms with Crippen molar-refractivity contribution in [2.45, 2.75) is 26.7 Å². The maximum atomic E-state index is 12.2. The van der Waals surface area contributed by atoms with Gasteiger partial charge in [0.1, 0.15) is 0 Å². The van der Waals surface area contributed by atoms with Crippen LogP contribution >= 0.6 is 0 Å². The van der Waals surface area contributed by atoms with Gasteiger partial charge in [-0.3, -0.25) is 9.78 Å². The molecule has 0 saturated heterocycles. The summed E-state index contributed by atoms with van der Waals surface area (Å²) in [6, 6.07) is 3.96. The molecule has 0 radical (unpaired) electrons. The number of rotatable bonds is 3. The molecule has 6 nitrogen and oxygen atoms in total. The molecule has 0 fully saturated rings. The third-order valence-corrected chi connectivity index (χ3v) is 4.42. The van der Waals surface area contributed by atoms with Gasteiger partial charge in [0.15, 0.2) is 11.4 Å². The largest absolute Gasteiger partial charge is 0.356 e. The smallest absolute Gasteiger partial charge is 0.256 e. The first-order valence-electron chi connectivity index (χ1n) is 8.49. The molecule has 0 saturated carbocycles. The molecule has 0 unspecified atom stereocenters. The van der Waals surface area contributed by atoms with Gasteiger partial charge < -0.3 is 9.84 Å². The molecule has 1 aliphatic rings. The Morgan fingerprint density at radius 3 is 2.77 bits per heavy atom. The monoisotopic (exact) mass is 346 g/mol. The highest BCUT2D eigenvalue weighted by atomic mass is 16.5. The summed E-state index contributed by atoms with van der Waals surface area (Å²) in [4.78, 5) is 21.0. The number of carbonyl (C=O) groups is 1. The van der Waals surface area contributed by atoms with E-state index in [-0.39, 0.29) is 5.91 Å². The molecule has 2 heterocycles. The van der Waals surface area contributed by atoms with E-state index in [1.165, 1.54) is 0 Å². The number of hydrogen-bond acceptors (Lipinski definition) is 5. The Labute approximate surface area is 150 Å². The molecule has 2 aromatic heterocycles. The van der Waals surface area contributed by atoms with Gasteiger partial charge in [-0.25, -0.2) is 4.98 Å². The number of carbonyl (C=O) groups excluding carboxylic acids is 1. The lowest BCUT2D eigenvalue weighted by atomic mass is 10.0. The van der Waals surface area contributed by atoms with Crippen LogP contribution in [0, 0.1) is 13.8 Å².